The number of likely N-dealkylation sites (N-methyl/N-ethyl adjacent to an activating group) is 1. The first-order valence-corrected chi connectivity index (χ1v) is 9.42. The van der Waals surface area contributed by atoms with Crippen LogP contribution in [0, 0.1) is 0 Å². The Morgan fingerprint density at radius 3 is 2.95 bits per heavy atom. The van der Waals surface area contributed by atoms with Gasteiger partial charge in [0, 0.05) is 18.7 Å². The van der Waals surface area contributed by atoms with Gasteiger partial charge >= 0.3 is 0 Å². The van der Waals surface area contributed by atoms with Gasteiger partial charge in [-0.05, 0) is 48.9 Å². The molecule has 8 heteroatoms. The van der Waals surface area contributed by atoms with Gasteiger partial charge in [-0.1, -0.05) is 6.92 Å². The minimum Gasteiger partial charge on any atom is -0.452 e. The van der Waals surface area contributed by atoms with Gasteiger partial charge in [-0.2, -0.15) is 0 Å². The molecule has 1 saturated heterocycles. The molecule has 21 heavy (non-hydrogen) atoms. The molecule has 2 rings (SSSR count). The molecule has 0 bridgehead atoms. The summed E-state index contributed by atoms with van der Waals surface area (Å²) in [6.45, 7) is 5.03. The van der Waals surface area contributed by atoms with Crippen LogP contribution in [0.25, 0.3) is 0 Å². The third-order valence-electron chi connectivity index (χ3n) is 3.76. The summed E-state index contributed by atoms with van der Waals surface area (Å²) in [6.07, 6.45) is 2.16. The van der Waals surface area contributed by atoms with E-state index in [9.17, 15) is 8.42 Å². The molecular formula is C13H22BrN3O3S. The van der Waals surface area contributed by atoms with Crippen LogP contribution in [0.4, 0.5) is 0 Å². The highest BCUT2D eigenvalue weighted by molar-refractivity contribution is 9.10. The topological polar surface area (TPSA) is 74.6 Å². The molecule has 120 valence electrons. The molecule has 1 aliphatic rings. The number of rotatable bonds is 7. The Morgan fingerprint density at radius 1 is 1.52 bits per heavy atom. The van der Waals surface area contributed by atoms with E-state index in [2.05, 4.69) is 37.8 Å². The van der Waals surface area contributed by atoms with Crippen LogP contribution in [0.15, 0.2) is 20.0 Å². The fraction of sp³-hybridized carbons (Fsp3) is 0.692. The van der Waals surface area contributed by atoms with Gasteiger partial charge in [-0.15, -0.1) is 0 Å². The average Bonchev–Trinajstić information content (AvgIpc) is 3.03. The SMILES string of the molecule is CCN1CCCC1CNS(=O)(=O)c1cc(CNC)oc1Br. The Bertz CT molecular complexity index is 573. The molecule has 1 aromatic rings. The van der Waals surface area contributed by atoms with Crippen molar-refractivity contribution in [3.8, 4) is 0 Å². The molecule has 0 radical (unpaired) electrons. The van der Waals surface area contributed by atoms with E-state index in [4.69, 9.17) is 4.42 Å². The van der Waals surface area contributed by atoms with Gasteiger partial charge < -0.3 is 9.73 Å². The molecule has 1 aliphatic heterocycles. The minimum absolute atomic E-state index is 0.161. The Kier molecular flexibility index (Phi) is 5.84. The van der Waals surface area contributed by atoms with E-state index in [1.807, 2.05) is 0 Å². The maximum atomic E-state index is 12.4. The summed E-state index contributed by atoms with van der Waals surface area (Å²) in [5, 5.41) is 2.93. The number of hydrogen-bond acceptors (Lipinski definition) is 5. The zero-order valence-electron chi connectivity index (χ0n) is 12.4. The lowest BCUT2D eigenvalue weighted by Gasteiger charge is -2.22. The quantitative estimate of drug-likeness (QED) is 0.751. The molecule has 0 aromatic carbocycles. The van der Waals surface area contributed by atoms with Crippen LogP contribution in [0.2, 0.25) is 0 Å². The predicted molar refractivity (Wildman–Crippen MR) is 84.6 cm³/mol. The Hall–Kier alpha value is -0.410. The van der Waals surface area contributed by atoms with Crippen LogP contribution in [0.1, 0.15) is 25.5 Å². The smallest absolute Gasteiger partial charge is 0.245 e. The van der Waals surface area contributed by atoms with E-state index >= 15 is 0 Å². The van der Waals surface area contributed by atoms with Crippen molar-refractivity contribution in [1.82, 2.24) is 14.9 Å². The van der Waals surface area contributed by atoms with Crippen molar-refractivity contribution in [3.63, 3.8) is 0 Å². The maximum Gasteiger partial charge on any atom is 0.245 e. The van der Waals surface area contributed by atoms with Crippen LogP contribution in [0.3, 0.4) is 0 Å². The van der Waals surface area contributed by atoms with Crippen LogP contribution in [-0.2, 0) is 16.6 Å². The Balaban J connectivity index is 2.04. The lowest BCUT2D eigenvalue weighted by atomic mass is 10.2. The minimum atomic E-state index is -3.55. The number of furan rings is 1. The van der Waals surface area contributed by atoms with Crippen LogP contribution >= 0.6 is 15.9 Å². The molecule has 0 aliphatic carbocycles. The zero-order chi connectivity index (χ0) is 15.5. The fourth-order valence-electron chi connectivity index (χ4n) is 2.67. The first-order valence-electron chi connectivity index (χ1n) is 7.14. The molecule has 1 atom stereocenters. The molecule has 2 heterocycles. The molecule has 2 N–H and O–H groups in total. The van der Waals surface area contributed by atoms with Crippen molar-refractivity contribution in [1.29, 1.82) is 0 Å². The molecule has 6 nitrogen and oxygen atoms in total. The first-order chi connectivity index (χ1) is 9.97. The van der Waals surface area contributed by atoms with Crippen molar-refractivity contribution in [2.24, 2.45) is 0 Å². The second-order valence-electron chi connectivity index (χ2n) is 5.16. The van der Waals surface area contributed by atoms with Crippen LogP contribution in [0.5, 0.6) is 0 Å². The van der Waals surface area contributed by atoms with E-state index in [0.717, 1.165) is 25.9 Å². The van der Waals surface area contributed by atoms with E-state index in [1.165, 1.54) is 0 Å². The highest BCUT2D eigenvalue weighted by Gasteiger charge is 2.27. The molecule has 0 spiro atoms. The third kappa shape index (κ3) is 4.07. The van der Waals surface area contributed by atoms with Crippen molar-refractivity contribution >= 4 is 26.0 Å². The molecule has 1 aromatic heterocycles. The predicted octanol–water partition coefficient (Wildman–Crippen LogP) is 1.52. The Morgan fingerprint density at radius 2 is 2.29 bits per heavy atom. The number of likely N-dealkylation sites (tertiary alicyclic amines) is 1. The lowest BCUT2D eigenvalue weighted by Crippen LogP contribution is -2.39. The standard InChI is InChI=1S/C13H22BrN3O3S/c1-3-17-6-4-5-10(17)8-16-21(18,19)12-7-11(9-15-2)20-13(12)14/h7,10,15-16H,3-6,8-9H2,1-2H3. The van der Waals surface area contributed by atoms with Gasteiger partial charge in [0.05, 0.1) is 6.54 Å². The molecular weight excluding hydrogens is 358 g/mol. The van der Waals surface area contributed by atoms with E-state index in [0.29, 0.717) is 18.8 Å². The number of halogens is 1. The highest BCUT2D eigenvalue weighted by Crippen LogP contribution is 2.26. The summed E-state index contributed by atoms with van der Waals surface area (Å²) >= 11 is 3.18. The van der Waals surface area contributed by atoms with Crippen molar-refractivity contribution in [3.05, 3.63) is 16.5 Å². The van der Waals surface area contributed by atoms with Crippen molar-refractivity contribution in [2.75, 3.05) is 26.7 Å². The summed E-state index contributed by atoms with van der Waals surface area (Å²) in [4.78, 5) is 2.47. The first kappa shape index (κ1) is 17.0. The maximum absolute atomic E-state index is 12.4. The number of nitrogens with one attached hydrogen (secondary N) is 2. The second kappa shape index (κ2) is 7.23. The van der Waals surface area contributed by atoms with Gasteiger partial charge in [0.25, 0.3) is 0 Å². The summed E-state index contributed by atoms with van der Waals surface area (Å²) < 4.78 is 33.1. The van der Waals surface area contributed by atoms with Gasteiger partial charge in [0.1, 0.15) is 10.7 Å². The average molecular weight is 380 g/mol. The number of sulfonamides is 1. The normalized spacial score (nSPS) is 20.2. The van der Waals surface area contributed by atoms with Gasteiger partial charge in [-0.25, -0.2) is 13.1 Å². The van der Waals surface area contributed by atoms with E-state index in [-0.39, 0.29) is 15.6 Å². The molecule has 1 unspecified atom stereocenters. The second-order valence-corrected chi connectivity index (χ2v) is 7.61. The molecule has 0 saturated carbocycles. The molecule has 0 amide bonds. The van der Waals surface area contributed by atoms with E-state index < -0.39 is 10.0 Å². The zero-order valence-corrected chi connectivity index (χ0v) is 14.8. The number of nitrogens with zero attached hydrogens (tertiary/aromatic N) is 1. The van der Waals surface area contributed by atoms with Gasteiger partial charge in [-0.3, -0.25) is 4.90 Å². The third-order valence-corrected chi connectivity index (χ3v) is 6.04. The number of hydrogen-bond donors (Lipinski definition) is 2. The summed E-state index contributed by atoms with van der Waals surface area (Å²) in [5.74, 6) is 0.584. The molecule has 1 fully saturated rings. The van der Waals surface area contributed by atoms with E-state index in [1.54, 1.807) is 13.1 Å². The summed E-state index contributed by atoms with van der Waals surface area (Å²) in [5.41, 5.74) is 0. The highest BCUT2D eigenvalue weighted by atomic mass is 79.9. The lowest BCUT2D eigenvalue weighted by molar-refractivity contribution is 0.268. The van der Waals surface area contributed by atoms with Crippen molar-refractivity contribution < 1.29 is 12.8 Å². The van der Waals surface area contributed by atoms with Crippen molar-refractivity contribution in [2.45, 2.75) is 37.2 Å². The van der Waals surface area contributed by atoms with Crippen LogP contribution < -0.4 is 10.0 Å². The van der Waals surface area contributed by atoms with Gasteiger partial charge in [0.15, 0.2) is 4.67 Å². The summed E-state index contributed by atoms with van der Waals surface area (Å²) in [6, 6.07) is 1.84. The monoisotopic (exact) mass is 379 g/mol. The van der Waals surface area contributed by atoms with Crippen LogP contribution in [-0.4, -0.2) is 46.0 Å². The fourth-order valence-corrected chi connectivity index (χ4v) is 4.74. The summed E-state index contributed by atoms with van der Waals surface area (Å²) in [7, 11) is -1.77. The Labute approximate surface area is 134 Å². The largest absolute Gasteiger partial charge is 0.452 e. The van der Waals surface area contributed by atoms with Gasteiger partial charge in [0.2, 0.25) is 10.0 Å².